The molecule has 29 heavy (non-hydrogen) atoms. The molecule has 4 nitrogen and oxygen atoms in total. The minimum absolute atomic E-state index is 0.0416. The van der Waals surface area contributed by atoms with Crippen LogP contribution in [-0.2, 0) is 11.2 Å². The van der Waals surface area contributed by atoms with Crippen molar-refractivity contribution < 1.29 is 9.53 Å². The lowest BCUT2D eigenvalue weighted by atomic mass is 9.71. The highest BCUT2D eigenvalue weighted by Gasteiger charge is 2.36. The van der Waals surface area contributed by atoms with Crippen molar-refractivity contribution in [2.24, 2.45) is 17.8 Å². The molecule has 1 aromatic carbocycles. The van der Waals surface area contributed by atoms with Gasteiger partial charge in [-0.15, -0.1) is 0 Å². The summed E-state index contributed by atoms with van der Waals surface area (Å²) in [4.78, 5) is 17.2. The Bertz CT molecular complexity index is 978. The molecule has 1 heterocycles. The summed E-state index contributed by atoms with van der Waals surface area (Å²) in [6, 6.07) is 10.3. The van der Waals surface area contributed by atoms with Gasteiger partial charge in [0.25, 0.3) is 0 Å². The SMILES string of the molecule is CC(C)(C)OC(=O)N[C@@H]1C2C=CC=CC2C=C[C@@H]1Cc1cccc2cccnc12. The number of allylic oxidation sites excluding steroid dienone is 4. The average Bonchev–Trinajstić information content (AvgIpc) is 2.68. The van der Waals surface area contributed by atoms with E-state index in [1.54, 1.807) is 0 Å². The fourth-order valence-corrected chi connectivity index (χ4v) is 4.30. The zero-order valence-corrected chi connectivity index (χ0v) is 17.2. The highest BCUT2D eigenvalue weighted by atomic mass is 16.6. The van der Waals surface area contributed by atoms with Crippen LogP contribution in [0.25, 0.3) is 10.9 Å². The van der Waals surface area contributed by atoms with Gasteiger partial charge in [-0.05, 0) is 38.8 Å². The molecule has 1 N–H and O–H groups in total. The number of ether oxygens (including phenoxy) is 1. The predicted octanol–water partition coefficient (Wildman–Crippen LogP) is 5.22. The second kappa shape index (κ2) is 7.86. The molecule has 0 aliphatic heterocycles. The van der Waals surface area contributed by atoms with E-state index in [-0.39, 0.29) is 24.0 Å². The standard InChI is InChI=1S/C25H28N2O2/c1-25(2,3)29-24(28)27-23-20(14-13-17-8-4-5-12-21(17)23)16-19-10-6-9-18-11-7-15-26-22(18)19/h4-15,17,20-21,23H,16H2,1-3H3,(H,27,28)/t17?,20-,21?,23+/m1/s1. The summed E-state index contributed by atoms with van der Waals surface area (Å²) in [6.45, 7) is 5.66. The third-order valence-corrected chi connectivity index (χ3v) is 5.53. The number of aromatic nitrogens is 1. The van der Waals surface area contributed by atoms with E-state index in [1.807, 2.05) is 33.0 Å². The molecule has 0 spiro atoms. The first-order chi connectivity index (χ1) is 13.9. The van der Waals surface area contributed by atoms with Gasteiger partial charge in [-0.1, -0.05) is 60.7 Å². The largest absolute Gasteiger partial charge is 0.444 e. The first-order valence-electron chi connectivity index (χ1n) is 10.3. The molecule has 0 radical (unpaired) electrons. The van der Waals surface area contributed by atoms with Crippen molar-refractivity contribution in [2.45, 2.75) is 38.8 Å². The number of carbonyl (C=O) groups is 1. The molecule has 2 aliphatic carbocycles. The number of carbonyl (C=O) groups excluding carboxylic acids is 1. The van der Waals surface area contributed by atoms with Crippen LogP contribution >= 0.6 is 0 Å². The van der Waals surface area contributed by atoms with E-state index >= 15 is 0 Å². The summed E-state index contributed by atoms with van der Waals surface area (Å²) in [5, 5.41) is 4.31. The minimum Gasteiger partial charge on any atom is -0.444 e. The van der Waals surface area contributed by atoms with Crippen LogP contribution in [0.4, 0.5) is 4.79 Å². The average molecular weight is 389 g/mol. The molecular weight excluding hydrogens is 360 g/mol. The van der Waals surface area contributed by atoms with Crippen LogP contribution in [0.2, 0.25) is 0 Å². The Morgan fingerprint density at radius 2 is 1.86 bits per heavy atom. The Kier molecular flexibility index (Phi) is 5.27. The van der Waals surface area contributed by atoms with Crippen LogP contribution in [0.3, 0.4) is 0 Å². The molecule has 2 aromatic rings. The fraction of sp³-hybridized carbons (Fsp3) is 0.360. The minimum atomic E-state index is -0.522. The third-order valence-electron chi connectivity index (χ3n) is 5.53. The lowest BCUT2D eigenvalue weighted by molar-refractivity contribution is 0.0468. The van der Waals surface area contributed by atoms with E-state index in [4.69, 9.17) is 4.74 Å². The van der Waals surface area contributed by atoms with Gasteiger partial charge in [-0.25, -0.2) is 4.79 Å². The van der Waals surface area contributed by atoms with Crippen molar-refractivity contribution in [1.29, 1.82) is 0 Å². The molecule has 150 valence electrons. The third kappa shape index (κ3) is 4.42. The van der Waals surface area contributed by atoms with E-state index in [9.17, 15) is 4.79 Å². The highest BCUT2D eigenvalue weighted by Crippen LogP contribution is 2.35. The topological polar surface area (TPSA) is 51.2 Å². The van der Waals surface area contributed by atoms with Gasteiger partial charge in [0.2, 0.25) is 0 Å². The number of hydrogen-bond acceptors (Lipinski definition) is 3. The number of fused-ring (bicyclic) bond motifs is 2. The summed E-state index contributed by atoms with van der Waals surface area (Å²) >= 11 is 0. The summed E-state index contributed by atoms with van der Waals surface area (Å²) in [5.41, 5.74) is 1.70. The first-order valence-corrected chi connectivity index (χ1v) is 10.3. The number of para-hydroxylation sites is 1. The van der Waals surface area contributed by atoms with Crippen LogP contribution in [0, 0.1) is 17.8 Å². The van der Waals surface area contributed by atoms with Gasteiger partial charge in [0.05, 0.1) is 5.52 Å². The maximum Gasteiger partial charge on any atom is 0.407 e. The Labute approximate surface area is 172 Å². The molecule has 2 aliphatic rings. The molecule has 1 aromatic heterocycles. The normalized spacial score (nSPS) is 25.6. The number of hydrogen-bond donors (Lipinski definition) is 1. The van der Waals surface area contributed by atoms with Gasteiger partial charge in [-0.3, -0.25) is 4.98 Å². The van der Waals surface area contributed by atoms with E-state index in [0.717, 1.165) is 17.3 Å². The van der Waals surface area contributed by atoms with Crippen LogP contribution in [0.5, 0.6) is 0 Å². The molecule has 0 saturated carbocycles. The molecule has 0 bridgehead atoms. The Morgan fingerprint density at radius 1 is 1.07 bits per heavy atom. The zero-order valence-electron chi connectivity index (χ0n) is 17.2. The Morgan fingerprint density at radius 3 is 2.69 bits per heavy atom. The number of nitrogens with zero attached hydrogens (tertiary/aromatic N) is 1. The lowest BCUT2D eigenvalue weighted by Gasteiger charge is -2.39. The quantitative estimate of drug-likeness (QED) is 0.734. The summed E-state index contributed by atoms with van der Waals surface area (Å²) < 4.78 is 5.56. The zero-order chi connectivity index (χ0) is 20.4. The van der Waals surface area contributed by atoms with Crippen molar-refractivity contribution in [1.82, 2.24) is 10.3 Å². The molecule has 4 rings (SSSR count). The van der Waals surface area contributed by atoms with Crippen molar-refractivity contribution in [3.05, 3.63) is 78.5 Å². The van der Waals surface area contributed by atoms with E-state index in [2.05, 4.69) is 71.0 Å². The number of rotatable bonds is 3. The van der Waals surface area contributed by atoms with E-state index in [1.165, 1.54) is 5.56 Å². The second-order valence-corrected chi connectivity index (χ2v) is 8.84. The van der Waals surface area contributed by atoms with Crippen LogP contribution in [0.1, 0.15) is 26.3 Å². The molecule has 0 saturated heterocycles. The van der Waals surface area contributed by atoms with Gasteiger partial charge >= 0.3 is 6.09 Å². The van der Waals surface area contributed by atoms with Gasteiger partial charge in [-0.2, -0.15) is 0 Å². The Balaban J connectivity index is 1.63. The smallest absolute Gasteiger partial charge is 0.407 e. The number of amides is 1. The van der Waals surface area contributed by atoms with E-state index in [0.29, 0.717) is 5.92 Å². The summed E-state index contributed by atoms with van der Waals surface area (Å²) in [7, 11) is 0. The monoisotopic (exact) mass is 388 g/mol. The molecule has 2 unspecified atom stereocenters. The molecular formula is C25H28N2O2. The number of benzene rings is 1. The second-order valence-electron chi connectivity index (χ2n) is 8.84. The summed E-state index contributed by atoms with van der Waals surface area (Å²) in [5.74, 6) is 0.666. The summed E-state index contributed by atoms with van der Waals surface area (Å²) in [6.07, 6.45) is 15.3. The van der Waals surface area contributed by atoms with Crippen LogP contribution in [-0.4, -0.2) is 22.7 Å². The Hall–Kier alpha value is -2.88. The van der Waals surface area contributed by atoms with Crippen molar-refractivity contribution in [2.75, 3.05) is 0 Å². The molecule has 0 fully saturated rings. The number of pyridine rings is 1. The molecule has 4 heteroatoms. The van der Waals surface area contributed by atoms with Crippen LogP contribution in [0.15, 0.2) is 73.0 Å². The van der Waals surface area contributed by atoms with Crippen molar-refractivity contribution in [3.63, 3.8) is 0 Å². The van der Waals surface area contributed by atoms with Crippen LogP contribution < -0.4 is 5.32 Å². The van der Waals surface area contributed by atoms with Gasteiger partial charge in [0.1, 0.15) is 5.60 Å². The fourth-order valence-electron chi connectivity index (χ4n) is 4.30. The number of alkyl carbamates (subject to hydrolysis) is 1. The maximum atomic E-state index is 12.6. The number of nitrogens with one attached hydrogen (secondary N) is 1. The molecule has 1 amide bonds. The van der Waals surface area contributed by atoms with Crippen molar-refractivity contribution >= 4 is 17.0 Å². The maximum absolute atomic E-state index is 12.6. The van der Waals surface area contributed by atoms with E-state index < -0.39 is 5.60 Å². The molecule has 4 atom stereocenters. The predicted molar refractivity (Wildman–Crippen MR) is 116 cm³/mol. The highest BCUT2D eigenvalue weighted by molar-refractivity contribution is 5.81. The first kappa shape index (κ1) is 19.4. The van der Waals surface area contributed by atoms with Gasteiger partial charge in [0.15, 0.2) is 0 Å². The van der Waals surface area contributed by atoms with Gasteiger partial charge in [0, 0.05) is 35.4 Å². The van der Waals surface area contributed by atoms with Crippen molar-refractivity contribution in [3.8, 4) is 0 Å². The lowest BCUT2D eigenvalue weighted by Crippen LogP contribution is -2.50. The van der Waals surface area contributed by atoms with Gasteiger partial charge < -0.3 is 10.1 Å².